The molecule has 5 heteroatoms. The summed E-state index contributed by atoms with van der Waals surface area (Å²) in [4.78, 5) is 4.10. The topological polar surface area (TPSA) is 51.5 Å². The molecule has 0 saturated carbocycles. The standard InChI is InChI=1S/C16H22N4O.H2/c17-11-19-7-6-16(10-19)18-12-21-13-20-8-15(9-20)14-4-2-1-3-5-14;/h1-5,15-16,18H,6-10,12-13H2;1H/t16-;/m1./s1. The fraction of sp³-hybridized carbons (Fsp3) is 0.562. The Bertz CT molecular complexity index is 487. The molecule has 0 amide bonds. The molecule has 3 rings (SSSR count). The van der Waals surface area contributed by atoms with E-state index in [-0.39, 0.29) is 1.43 Å². The highest BCUT2D eigenvalue weighted by Gasteiger charge is 2.27. The molecule has 114 valence electrons. The lowest BCUT2D eigenvalue weighted by Gasteiger charge is -2.39. The first-order valence-corrected chi connectivity index (χ1v) is 7.58. The number of hydrogen-bond donors (Lipinski definition) is 1. The Balaban J connectivity index is 0.00000176. The molecule has 1 aromatic rings. The second-order valence-corrected chi connectivity index (χ2v) is 5.86. The molecule has 1 N–H and O–H groups in total. The molecule has 2 heterocycles. The minimum atomic E-state index is 0. The van der Waals surface area contributed by atoms with E-state index in [0.29, 0.717) is 25.4 Å². The summed E-state index contributed by atoms with van der Waals surface area (Å²) in [7, 11) is 0. The predicted molar refractivity (Wildman–Crippen MR) is 82.4 cm³/mol. The first kappa shape index (κ1) is 14.3. The summed E-state index contributed by atoms with van der Waals surface area (Å²) < 4.78 is 5.67. The lowest BCUT2D eigenvalue weighted by molar-refractivity contribution is -0.0222. The van der Waals surface area contributed by atoms with Gasteiger partial charge in [0, 0.05) is 39.6 Å². The van der Waals surface area contributed by atoms with Crippen molar-refractivity contribution in [2.75, 3.05) is 39.6 Å². The lowest BCUT2D eigenvalue weighted by Crippen LogP contribution is -2.46. The van der Waals surface area contributed by atoms with Gasteiger partial charge in [-0.1, -0.05) is 30.3 Å². The summed E-state index contributed by atoms with van der Waals surface area (Å²) in [5.41, 5.74) is 1.43. The molecule has 0 radical (unpaired) electrons. The smallest absolute Gasteiger partial charge is 0.179 e. The van der Waals surface area contributed by atoms with E-state index in [4.69, 9.17) is 10.00 Å². The molecule has 0 aromatic heterocycles. The molecule has 21 heavy (non-hydrogen) atoms. The number of rotatable bonds is 6. The van der Waals surface area contributed by atoms with E-state index >= 15 is 0 Å². The van der Waals surface area contributed by atoms with Gasteiger partial charge in [-0.15, -0.1) is 0 Å². The van der Waals surface area contributed by atoms with Crippen LogP contribution in [0.25, 0.3) is 0 Å². The Labute approximate surface area is 127 Å². The van der Waals surface area contributed by atoms with Gasteiger partial charge in [-0.3, -0.25) is 10.2 Å². The van der Waals surface area contributed by atoms with Gasteiger partial charge in [-0.05, 0) is 12.0 Å². The SMILES string of the molecule is N#CN1CC[C@@H](NCOCN2CC(c3ccccc3)C2)C1.[HH]. The van der Waals surface area contributed by atoms with E-state index in [9.17, 15) is 0 Å². The van der Waals surface area contributed by atoms with Crippen molar-refractivity contribution >= 4 is 0 Å². The molecule has 2 aliphatic heterocycles. The molecular weight excluding hydrogens is 264 g/mol. The second-order valence-electron chi connectivity index (χ2n) is 5.86. The third-order valence-electron chi connectivity index (χ3n) is 4.31. The minimum absolute atomic E-state index is 0. The van der Waals surface area contributed by atoms with Crippen molar-refractivity contribution < 1.29 is 6.16 Å². The fourth-order valence-electron chi connectivity index (χ4n) is 2.98. The summed E-state index contributed by atoms with van der Waals surface area (Å²) >= 11 is 0. The Morgan fingerprint density at radius 1 is 1.29 bits per heavy atom. The van der Waals surface area contributed by atoms with Crippen LogP contribution in [0.2, 0.25) is 0 Å². The molecule has 0 spiro atoms. The number of ether oxygens (including phenoxy) is 1. The molecular formula is C16H24N4O. The van der Waals surface area contributed by atoms with E-state index < -0.39 is 0 Å². The lowest BCUT2D eigenvalue weighted by atomic mass is 9.92. The summed E-state index contributed by atoms with van der Waals surface area (Å²) in [6, 6.07) is 11.1. The third kappa shape index (κ3) is 3.73. The number of benzene rings is 1. The van der Waals surface area contributed by atoms with Crippen molar-refractivity contribution in [1.29, 1.82) is 5.26 Å². The highest BCUT2D eigenvalue weighted by molar-refractivity contribution is 5.22. The van der Waals surface area contributed by atoms with Crippen LogP contribution in [0.15, 0.2) is 30.3 Å². The maximum Gasteiger partial charge on any atom is 0.179 e. The van der Waals surface area contributed by atoms with Gasteiger partial charge in [-0.25, -0.2) is 0 Å². The van der Waals surface area contributed by atoms with Crippen LogP contribution < -0.4 is 5.32 Å². The Morgan fingerprint density at radius 2 is 2.10 bits per heavy atom. The highest BCUT2D eigenvalue weighted by Crippen LogP contribution is 2.26. The first-order chi connectivity index (χ1) is 10.3. The Morgan fingerprint density at radius 3 is 2.81 bits per heavy atom. The Hall–Kier alpha value is -1.61. The zero-order valence-corrected chi connectivity index (χ0v) is 12.2. The molecule has 1 atom stereocenters. The molecule has 2 saturated heterocycles. The second kappa shape index (κ2) is 6.90. The van der Waals surface area contributed by atoms with Gasteiger partial charge in [0.2, 0.25) is 0 Å². The van der Waals surface area contributed by atoms with Gasteiger partial charge in [0.15, 0.2) is 6.19 Å². The average molecular weight is 288 g/mol. The van der Waals surface area contributed by atoms with Crippen molar-refractivity contribution in [2.45, 2.75) is 18.4 Å². The maximum atomic E-state index is 8.80. The molecule has 2 fully saturated rings. The van der Waals surface area contributed by atoms with E-state index in [0.717, 1.165) is 32.6 Å². The first-order valence-electron chi connectivity index (χ1n) is 7.58. The number of likely N-dealkylation sites (tertiary alicyclic amines) is 2. The van der Waals surface area contributed by atoms with Crippen molar-refractivity contribution in [3.8, 4) is 6.19 Å². The van der Waals surface area contributed by atoms with Gasteiger partial charge >= 0.3 is 0 Å². The zero-order valence-electron chi connectivity index (χ0n) is 12.2. The molecule has 2 aliphatic rings. The van der Waals surface area contributed by atoms with Gasteiger partial charge in [0.1, 0.15) is 6.73 Å². The largest absolute Gasteiger partial charge is 0.351 e. The van der Waals surface area contributed by atoms with Crippen molar-refractivity contribution in [3.05, 3.63) is 35.9 Å². The predicted octanol–water partition coefficient (Wildman–Crippen LogP) is 1.41. The molecule has 0 aliphatic carbocycles. The monoisotopic (exact) mass is 288 g/mol. The minimum Gasteiger partial charge on any atom is -0.351 e. The summed E-state index contributed by atoms with van der Waals surface area (Å²) in [5.74, 6) is 0.654. The molecule has 0 bridgehead atoms. The Kier molecular flexibility index (Phi) is 4.71. The third-order valence-corrected chi connectivity index (χ3v) is 4.31. The molecule has 5 nitrogen and oxygen atoms in total. The van der Waals surface area contributed by atoms with Crippen molar-refractivity contribution in [2.24, 2.45) is 0 Å². The summed E-state index contributed by atoms with van der Waals surface area (Å²) in [6.45, 7) is 5.07. The van der Waals surface area contributed by atoms with E-state index in [1.54, 1.807) is 4.90 Å². The summed E-state index contributed by atoms with van der Waals surface area (Å²) in [5, 5.41) is 12.1. The summed E-state index contributed by atoms with van der Waals surface area (Å²) in [6.07, 6.45) is 3.21. The number of hydrogen-bond acceptors (Lipinski definition) is 5. The van der Waals surface area contributed by atoms with E-state index in [1.165, 1.54) is 5.56 Å². The van der Waals surface area contributed by atoms with Gasteiger partial charge in [0.05, 0.1) is 6.73 Å². The highest BCUT2D eigenvalue weighted by atomic mass is 16.5. The van der Waals surface area contributed by atoms with Gasteiger partial charge in [-0.2, -0.15) is 5.26 Å². The fourth-order valence-corrected chi connectivity index (χ4v) is 2.98. The van der Waals surface area contributed by atoms with E-state index in [1.807, 2.05) is 0 Å². The number of nitrogens with zero attached hydrogens (tertiary/aromatic N) is 3. The van der Waals surface area contributed by atoms with Crippen LogP contribution in [0.4, 0.5) is 0 Å². The zero-order chi connectivity index (χ0) is 14.5. The normalized spacial score (nSPS) is 23.0. The van der Waals surface area contributed by atoms with Crippen LogP contribution in [0, 0.1) is 11.5 Å². The van der Waals surface area contributed by atoms with Crippen molar-refractivity contribution in [1.82, 2.24) is 15.1 Å². The number of nitriles is 1. The van der Waals surface area contributed by atoms with Crippen molar-refractivity contribution in [3.63, 3.8) is 0 Å². The molecule has 1 aromatic carbocycles. The quantitative estimate of drug-likeness (QED) is 0.487. The van der Waals surface area contributed by atoms with Crippen LogP contribution in [-0.2, 0) is 4.74 Å². The van der Waals surface area contributed by atoms with Crippen LogP contribution in [0.3, 0.4) is 0 Å². The number of nitrogens with one attached hydrogen (secondary N) is 1. The van der Waals surface area contributed by atoms with Gasteiger partial charge in [0.25, 0.3) is 0 Å². The van der Waals surface area contributed by atoms with Crippen LogP contribution in [-0.4, -0.2) is 55.5 Å². The van der Waals surface area contributed by atoms with Crippen LogP contribution in [0.1, 0.15) is 19.3 Å². The molecule has 0 unspecified atom stereocenters. The van der Waals surface area contributed by atoms with Crippen LogP contribution >= 0.6 is 0 Å². The van der Waals surface area contributed by atoms with E-state index in [2.05, 4.69) is 46.7 Å². The van der Waals surface area contributed by atoms with Gasteiger partial charge < -0.3 is 9.64 Å². The maximum absolute atomic E-state index is 8.80. The van der Waals surface area contributed by atoms with Crippen LogP contribution in [0.5, 0.6) is 0 Å². The average Bonchev–Trinajstić information content (AvgIpc) is 2.94.